The Bertz CT molecular complexity index is 3080. The maximum absolute atomic E-state index is 7.13. The van der Waals surface area contributed by atoms with Gasteiger partial charge in [-0.15, -0.1) is 11.3 Å². The number of anilines is 3. The van der Waals surface area contributed by atoms with Crippen LogP contribution in [0.2, 0.25) is 0 Å². The van der Waals surface area contributed by atoms with Gasteiger partial charge in [0.2, 0.25) is 0 Å². The summed E-state index contributed by atoms with van der Waals surface area (Å²) in [4.78, 5) is 2.38. The van der Waals surface area contributed by atoms with E-state index in [1.165, 1.54) is 42.4 Å². The van der Waals surface area contributed by atoms with Crippen molar-refractivity contribution < 1.29 is 4.74 Å². The molecule has 1 aliphatic heterocycles. The van der Waals surface area contributed by atoms with Crippen molar-refractivity contribution in [2.45, 2.75) is 0 Å². The normalized spacial score (nSPS) is 11.6. The van der Waals surface area contributed by atoms with E-state index in [4.69, 9.17) is 4.74 Å². The standard InChI is InChI=1S/C54H35NOS/c1-3-14-36(15-4-1)37-28-32-40(33-29-37)55(41-34-30-39(31-35-41)43-22-12-24-48-45-19-9-10-27-51(45)57-54(43)48)49-25-13-26-50-52(49)46-20-8-7-18-44(46)47-23-11-21-42(53(47)56-50)38-16-5-2-6-17-38/h1-35H. The third-order valence-electron chi connectivity index (χ3n) is 11.1. The zero-order valence-electron chi connectivity index (χ0n) is 31.0. The first-order chi connectivity index (χ1) is 28.3. The van der Waals surface area contributed by atoms with Crippen molar-refractivity contribution in [3.8, 4) is 67.1 Å². The van der Waals surface area contributed by atoms with Gasteiger partial charge in [0.15, 0.2) is 0 Å². The van der Waals surface area contributed by atoms with E-state index in [0.29, 0.717) is 0 Å². The summed E-state index contributed by atoms with van der Waals surface area (Å²) in [6.07, 6.45) is 0. The lowest BCUT2D eigenvalue weighted by molar-refractivity contribution is 0.489. The molecule has 0 bridgehead atoms. The molecule has 0 aliphatic carbocycles. The summed E-state index contributed by atoms with van der Waals surface area (Å²) in [5, 5.41) is 2.62. The van der Waals surface area contributed by atoms with Crippen molar-refractivity contribution in [1.29, 1.82) is 0 Å². The summed E-state index contributed by atoms with van der Waals surface area (Å²) in [5.74, 6) is 1.69. The number of thiophene rings is 1. The molecule has 1 aromatic heterocycles. The highest BCUT2D eigenvalue weighted by atomic mass is 32.1. The molecule has 2 heterocycles. The molecular formula is C54H35NOS. The maximum atomic E-state index is 7.13. The Morgan fingerprint density at radius 3 is 1.65 bits per heavy atom. The summed E-state index contributed by atoms with van der Waals surface area (Å²) >= 11 is 1.87. The molecule has 268 valence electrons. The number of fused-ring (bicyclic) bond motifs is 8. The van der Waals surface area contributed by atoms with Crippen molar-refractivity contribution in [2.75, 3.05) is 4.90 Å². The summed E-state index contributed by atoms with van der Waals surface area (Å²) in [6.45, 7) is 0. The summed E-state index contributed by atoms with van der Waals surface area (Å²) in [7, 11) is 0. The van der Waals surface area contributed by atoms with E-state index in [1.54, 1.807) is 0 Å². The quantitative estimate of drug-likeness (QED) is 0.168. The van der Waals surface area contributed by atoms with Gasteiger partial charge in [0.05, 0.1) is 5.69 Å². The second kappa shape index (κ2) is 13.8. The van der Waals surface area contributed by atoms with Gasteiger partial charge in [-0.2, -0.15) is 0 Å². The molecule has 0 unspecified atom stereocenters. The number of benzene rings is 9. The summed E-state index contributed by atoms with van der Waals surface area (Å²) in [5.41, 5.74) is 14.6. The first-order valence-corrected chi connectivity index (χ1v) is 20.2. The van der Waals surface area contributed by atoms with Gasteiger partial charge in [-0.25, -0.2) is 0 Å². The Morgan fingerprint density at radius 2 is 0.877 bits per heavy atom. The lowest BCUT2D eigenvalue weighted by atomic mass is 9.91. The van der Waals surface area contributed by atoms with Crippen molar-refractivity contribution in [3.63, 3.8) is 0 Å². The first kappa shape index (κ1) is 33.2. The Balaban J connectivity index is 1.09. The number of rotatable bonds is 6. The predicted molar refractivity (Wildman–Crippen MR) is 241 cm³/mol. The Hall–Kier alpha value is -7.20. The molecule has 0 saturated carbocycles. The lowest BCUT2D eigenvalue weighted by Gasteiger charge is -2.29. The van der Waals surface area contributed by atoms with Gasteiger partial charge in [-0.3, -0.25) is 0 Å². The SMILES string of the molecule is c1ccc(-c2ccc(N(c3ccc(-c4cccc5c4sc4ccccc45)cc3)c3cccc4c3-c3ccccc3-c3cccc(-c5ccccc5)c3O4)cc2)cc1. The van der Waals surface area contributed by atoms with Crippen LogP contribution in [0.4, 0.5) is 17.1 Å². The van der Waals surface area contributed by atoms with E-state index in [2.05, 4.69) is 217 Å². The first-order valence-electron chi connectivity index (χ1n) is 19.3. The molecule has 0 spiro atoms. The zero-order chi connectivity index (χ0) is 37.7. The fourth-order valence-corrected chi connectivity index (χ4v) is 9.68. The highest BCUT2D eigenvalue weighted by molar-refractivity contribution is 7.26. The molecule has 11 rings (SSSR count). The van der Waals surface area contributed by atoms with Crippen LogP contribution in [0.25, 0.3) is 75.8 Å². The van der Waals surface area contributed by atoms with E-state index in [1.807, 2.05) is 11.3 Å². The van der Waals surface area contributed by atoms with Crippen LogP contribution in [0.15, 0.2) is 212 Å². The summed E-state index contributed by atoms with van der Waals surface area (Å²) < 4.78 is 9.76. The van der Waals surface area contributed by atoms with E-state index in [9.17, 15) is 0 Å². The second-order valence-corrected chi connectivity index (χ2v) is 15.5. The van der Waals surface area contributed by atoms with Crippen LogP contribution in [-0.2, 0) is 0 Å². The van der Waals surface area contributed by atoms with Crippen LogP contribution in [0.1, 0.15) is 0 Å². The molecule has 0 radical (unpaired) electrons. The average Bonchev–Trinajstić information content (AvgIpc) is 3.60. The molecule has 9 aromatic carbocycles. The van der Waals surface area contributed by atoms with Crippen LogP contribution >= 0.6 is 11.3 Å². The van der Waals surface area contributed by atoms with Crippen LogP contribution in [0.5, 0.6) is 11.5 Å². The van der Waals surface area contributed by atoms with Gasteiger partial charge < -0.3 is 9.64 Å². The highest BCUT2D eigenvalue weighted by Crippen LogP contribution is 2.54. The predicted octanol–water partition coefficient (Wildman–Crippen LogP) is 16.0. The minimum Gasteiger partial charge on any atom is -0.455 e. The minimum absolute atomic E-state index is 0.820. The maximum Gasteiger partial charge on any atom is 0.143 e. The van der Waals surface area contributed by atoms with Crippen molar-refractivity contribution >= 4 is 48.6 Å². The molecule has 10 aromatic rings. The average molecular weight is 746 g/mol. The molecule has 3 heteroatoms. The van der Waals surface area contributed by atoms with Crippen LogP contribution in [-0.4, -0.2) is 0 Å². The Labute approximate surface area is 336 Å². The molecule has 0 amide bonds. The number of para-hydroxylation sites is 1. The molecule has 57 heavy (non-hydrogen) atoms. The molecular weight excluding hydrogens is 711 g/mol. The van der Waals surface area contributed by atoms with E-state index in [-0.39, 0.29) is 0 Å². The number of hydrogen-bond donors (Lipinski definition) is 0. The van der Waals surface area contributed by atoms with E-state index >= 15 is 0 Å². The van der Waals surface area contributed by atoms with Gasteiger partial charge in [0.25, 0.3) is 0 Å². The molecule has 1 aliphatic rings. The number of ether oxygens (including phenoxy) is 1. The van der Waals surface area contributed by atoms with E-state index in [0.717, 1.165) is 61.9 Å². The number of hydrogen-bond acceptors (Lipinski definition) is 3. The van der Waals surface area contributed by atoms with Gasteiger partial charge in [-0.05, 0) is 81.4 Å². The lowest BCUT2D eigenvalue weighted by Crippen LogP contribution is -2.11. The number of nitrogens with zero attached hydrogens (tertiary/aromatic N) is 1. The third kappa shape index (κ3) is 5.71. The van der Waals surface area contributed by atoms with Crippen molar-refractivity contribution in [3.05, 3.63) is 212 Å². The largest absolute Gasteiger partial charge is 0.455 e. The highest BCUT2D eigenvalue weighted by Gasteiger charge is 2.28. The Morgan fingerprint density at radius 1 is 0.351 bits per heavy atom. The second-order valence-electron chi connectivity index (χ2n) is 14.4. The molecule has 0 fully saturated rings. The van der Waals surface area contributed by atoms with Gasteiger partial charge in [0.1, 0.15) is 11.5 Å². The van der Waals surface area contributed by atoms with Crippen LogP contribution in [0, 0.1) is 0 Å². The fourth-order valence-electron chi connectivity index (χ4n) is 8.44. The van der Waals surface area contributed by atoms with Crippen molar-refractivity contribution in [2.24, 2.45) is 0 Å². The van der Waals surface area contributed by atoms with Crippen LogP contribution < -0.4 is 9.64 Å². The molecule has 2 nitrogen and oxygen atoms in total. The van der Waals surface area contributed by atoms with E-state index < -0.39 is 0 Å². The smallest absolute Gasteiger partial charge is 0.143 e. The molecule has 0 N–H and O–H groups in total. The van der Waals surface area contributed by atoms with Gasteiger partial charge in [-0.1, -0.05) is 170 Å². The zero-order valence-corrected chi connectivity index (χ0v) is 31.8. The minimum atomic E-state index is 0.820. The monoisotopic (exact) mass is 745 g/mol. The molecule has 0 atom stereocenters. The molecule has 0 saturated heterocycles. The van der Waals surface area contributed by atoms with Gasteiger partial charge in [0, 0.05) is 48.2 Å². The van der Waals surface area contributed by atoms with Gasteiger partial charge >= 0.3 is 0 Å². The fraction of sp³-hybridized carbons (Fsp3) is 0. The third-order valence-corrected chi connectivity index (χ3v) is 12.3. The Kier molecular flexibility index (Phi) is 8.04. The topological polar surface area (TPSA) is 12.5 Å². The van der Waals surface area contributed by atoms with Crippen molar-refractivity contribution in [1.82, 2.24) is 0 Å². The van der Waals surface area contributed by atoms with Crippen LogP contribution in [0.3, 0.4) is 0 Å². The summed E-state index contributed by atoms with van der Waals surface area (Å²) in [6, 6.07) is 76.1.